The summed E-state index contributed by atoms with van der Waals surface area (Å²) >= 11 is 1.83. The highest BCUT2D eigenvalue weighted by Crippen LogP contribution is 2.51. The molecule has 0 saturated heterocycles. The maximum Gasteiger partial charge on any atom is 0.290 e. The molecule has 12 rings (SSSR count). The fourth-order valence-electron chi connectivity index (χ4n) is 9.27. The Morgan fingerprint density at radius 2 is 0.828 bits per heavy atom. The molecule has 0 atom stereocenters. The summed E-state index contributed by atoms with van der Waals surface area (Å²) in [5.74, 6) is 0. The van der Waals surface area contributed by atoms with E-state index in [1.165, 1.54) is 59.8 Å². The van der Waals surface area contributed by atoms with Gasteiger partial charge in [-0.2, -0.15) is 0 Å². The third-order valence-electron chi connectivity index (χ3n) is 11.9. The van der Waals surface area contributed by atoms with Crippen LogP contribution in [-0.2, 0) is 0 Å². The van der Waals surface area contributed by atoms with Gasteiger partial charge in [-0.1, -0.05) is 168 Å². The lowest BCUT2D eigenvalue weighted by Crippen LogP contribution is -2.73. The number of hydrogen-bond donors (Lipinski definition) is 0. The number of anilines is 3. The topological polar surface area (TPSA) is 29.5 Å². The van der Waals surface area contributed by atoms with Crippen LogP contribution in [0.3, 0.4) is 0 Å². The molecular weight excluding hydrogens is 724 g/mol. The van der Waals surface area contributed by atoms with E-state index in [-0.39, 0.29) is 13.4 Å². The maximum absolute atomic E-state index is 7.02. The minimum absolute atomic E-state index is 0.153. The fraction of sp³-hybridized carbons (Fsp3) is 0. The molecule has 3 nitrogen and oxygen atoms in total. The van der Waals surface area contributed by atoms with E-state index in [0.717, 1.165) is 44.4 Å². The highest BCUT2D eigenvalue weighted by atomic mass is 32.2. The van der Waals surface area contributed by atoms with E-state index < -0.39 is 0 Å². The van der Waals surface area contributed by atoms with Crippen LogP contribution in [0.15, 0.2) is 219 Å². The third-order valence-corrected chi connectivity index (χ3v) is 13.0. The summed E-state index contributed by atoms with van der Waals surface area (Å²) in [7, 11) is 0. The molecule has 0 unspecified atom stereocenters. The van der Waals surface area contributed by atoms with Crippen molar-refractivity contribution in [3.63, 3.8) is 0 Å². The summed E-state index contributed by atoms with van der Waals surface area (Å²) in [4.78, 5) is 4.88. The molecule has 0 N–H and O–H groups in total. The lowest BCUT2D eigenvalue weighted by Gasteiger charge is -2.33. The van der Waals surface area contributed by atoms with Gasteiger partial charge >= 0.3 is 0 Å². The normalized spacial score (nSPS) is 13.0. The second-order valence-corrected chi connectivity index (χ2v) is 16.2. The molecule has 0 radical (unpaired) electrons. The molecule has 8 aromatic carbocycles. The monoisotopic (exact) mass is 757 g/mol. The zero-order valence-corrected chi connectivity index (χ0v) is 32.2. The largest absolute Gasteiger partial charge is 0.471 e. The minimum atomic E-state index is -0.164. The Hall–Kier alpha value is -6.88. The molecule has 0 bridgehead atoms. The Morgan fingerprint density at radius 1 is 0.379 bits per heavy atom. The first-order valence-corrected chi connectivity index (χ1v) is 20.6. The molecule has 2 aliphatic rings. The second kappa shape index (κ2) is 13.4. The number of para-hydroxylation sites is 4. The van der Waals surface area contributed by atoms with E-state index in [2.05, 4.69) is 205 Å². The van der Waals surface area contributed by atoms with E-state index in [0.29, 0.717) is 0 Å². The summed E-state index contributed by atoms with van der Waals surface area (Å²) in [5.41, 5.74) is 16.7. The van der Waals surface area contributed by atoms with Gasteiger partial charge in [0.1, 0.15) is 11.2 Å². The Balaban J connectivity index is 0.999. The van der Waals surface area contributed by atoms with Gasteiger partial charge in [-0.05, 0) is 87.8 Å². The van der Waals surface area contributed by atoms with Crippen molar-refractivity contribution in [3.05, 3.63) is 200 Å². The summed E-state index contributed by atoms with van der Waals surface area (Å²) in [6.45, 7) is -0.317. The van der Waals surface area contributed by atoms with Gasteiger partial charge in [0.2, 0.25) is 0 Å². The van der Waals surface area contributed by atoms with Gasteiger partial charge in [-0.15, -0.1) is 0 Å². The fourth-order valence-corrected chi connectivity index (χ4v) is 10.3. The van der Waals surface area contributed by atoms with Crippen molar-refractivity contribution >= 4 is 97.4 Å². The first-order valence-electron chi connectivity index (χ1n) is 19.8. The average Bonchev–Trinajstić information content (AvgIpc) is 3.87. The Morgan fingerprint density at radius 3 is 1.40 bits per heavy atom. The number of nitrogens with zero attached hydrogens (tertiary/aromatic N) is 1. The smallest absolute Gasteiger partial charge is 0.290 e. The van der Waals surface area contributed by atoms with Crippen LogP contribution >= 0.6 is 11.8 Å². The number of fused-ring (bicyclic) bond motifs is 8. The molecule has 10 aromatic rings. The quantitative estimate of drug-likeness (QED) is 0.164. The summed E-state index contributed by atoms with van der Waals surface area (Å²) < 4.78 is 14.0. The van der Waals surface area contributed by atoms with Crippen LogP contribution in [0, 0.1) is 0 Å². The summed E-state index contributed by atoms with van der Waals surface area (Å²) in [5, 5.41) is 2.24. The van der Waals surface area contributed by atoms with Crippen LogP contribution in [0.25, 0.3) is 44.2 Å². The Bertz CT molecular complexity index is 3120. The SMILES string of the molecule is c1ccc(-c2cccc(-c3ccc(B4c5oc6ccccc6c5B(c5ccc(N6c7ccccc7Sc7ccccc76)cc5)c5oc6ccccc6c54)cc3)c2)cc1. The Labute approximate surface area is 341 Å². The molecular formula is C52H33B2NO2S. The first kappa shape index (κ1) is 33.3. The summed E-state index contributed by atoms with van der Waals surface area (Å²) in [6.07, 6.45) is 0. The highest BCUT2D eigenvalue weighted by Gasteiger charge is 2.46. The van der Waals surface area contributed by atoms with Crippen molar-refractivity contribution in [1.29, 1.82) is 0 Å². The van der Waals surface area contributed by atoms with Crippen LogP contribution in [0.2, 0.25) is 0 Å². The van der Waals surface area contributed by atoms with E-state index in [9.17, 15) is 0 Å². The van der Waals surface area contributed by atoms with Crippen LogP contribution in [0.4, 0.5) is 17.1 Å². The van der Waals surface area contributed by atoms with Gasteiger partial charge < -0.3 is 13.7 Å². The van der Waals surface area contributed by atoms with Crippen LogP contribution in [0.5, 0.6) is 0 Å². The number of hydrogen-bond acceptors (Lipinski definition) is 4. The second-order valence-electron chi connectivity index (χ2n) is 15.2. The number of benzene rings is 8. The standard InChI is InChI=1S/C52H33B2NO2S/c1-2-13-34(14-3-1)36-15-12-16-37(33-36)35-25-27-38(28-26-35)53-49-41-17-4-8-21-45(41)57-52(49)54(50-42-18-5-9-22-46(42)56-51(50)53)39-29-31-40(32-30-39)55-43-19-6-10-23-47(43)58-48-24-11-7-20-44(48)55/h1-33H. The molecule has 0 fully saturated rings. The van der Waals surface area contributed by atoms with E-state index >= 15 is 0 Å². The van der Waals surface area contributed by atoms with Gasteiger partial charge in [0, 0.05) is 26.3 Å². The van der Waals surface area contributed by atoms with Crippen molar-refractivity contribution in [2.45, 2.75) is 9.79 Å². The van der Waals surface area contributed by atoms with Crippen molar-refractivity contribution in [2.24, 2.45) is 0 Å². The van der Waals surface area contributed by atoms with Gasteiger partial charge in [-0.3, -0.25) is 0 Å². The van der Waals surface area contributed by atoms with Crippen molar-refractivity contribution in [1.82, 2.24) is 0 Å². The Kier molecular flexibility index (Phi) is 7.67. The van der Waals surface area contributed by atoms with Gasteiger partial charge in [0.15, 0.2) is 0 Å². The predicted molar refractivity (Wildman–Crippen MR) is 244 cm³/mol. The highest BCUT2D eigenvalue weighted by molar-refractivity contribution is 7.99. The maximum atomic E-state index is 7.02. The lowest BCUT2D eigenvalue weighted by molar-refractivity contribution is 0.647. The summed E-state index contributed by atoms with van der Waals surface area (Å²) in [6, 6.07) is 71.8. The average molecular weight is 758 g/mol. The van der Waals surface area contributed by atoms with E-state index in [1.807, 2.05) is 11.8 Å². The van der Waals surface area contributed by atoms with Crippen molar-refractivity contribution in [2.75, 3.05) is 4.90 Å². The van der Waals surface area contributed by atoms with E-state index in [1.54, 1.807) is 0 Å². The molecule has 6 heteroatoms. The van der Waals surface area contributed by atoms with Crippen molar-refractivity contribution in [3.8, 4) is 22.3 Å². The van der Waals surface area contributed by atoms with Gasteiger partial charge in [-0.25, -0.2) is 0 Å². The minimum Gasteiger partial charge on any atom is -0.471 e. The van der Waals surface area contributed by atoms with E-state index in [4.69, 9.17) is 8.83 Å². The molecule has 0 amide bonds. The lowest BCUT2D eigenvalue weighted by atomic mass is 9.24. The van der Waals surface area contributed by atoms with Crippen LogP contribution in [0.1, 0.15) is 0 Å². The molecule has 270 valence electrons. The molecule has 0 aliphatic carbocycles. The number of furan rings is 2. The molecule has 2 aliphatic heterocycles. The number of rotatable bonds is 5. The van der Waals surface area contributed by atoms with Crippen LogP contribution < -0.4 is 38.1 Å². The zero-order valence-electron chi connectivity index (χ0n) is 31.4. The van der Waals surface area contributed by atoms with Gasteiger partial charge in [0.25, 0.3) is 13.4 Å². The first-order chi connectivity index (χ1) is 28.8. The molecule has 4 heterocycles. The van der Waals surface area contributed by atoms with Crippen LogP contribution in [-0.4, -0.2) is 13.4 Å². The zero-order chi connectivity index (χ0) is 38.2. The molecule has 2 aromatic heterocycles. The molecule has 0 saturated carbocycles. The molecule has 0 spiro atoms. The predicted octanol–water partition coefficient (Wildman–Crippen LogP) is 9.79. The van der Waals surface area contributed by atoms with Crippen molar-refractivity contribution < 1.29 is 8.83 Å². The van der Waals surface area contributed by atoms with Gasteiger partial charge in [0.05, 0.1) is 22.7 Å². The molecule has 58 heavy (non-hydrogen) atoms. The third kappa shape index (κ3) is 5.25.